The molecule has 0 aliphatic carbocycles. The molecule has 0 spiro atoms. The second-order valence-electron chi connectivity index (χ2n) is 6.35. The molecule has 136 valence electrons. The van der Waals surface area contributed by atoms with Gasteiger partial charge in [0.15, 0.2) is 0 Å². The van der Waals surface area contributed by atoms with Crippen LogP contribution in [-0.2, 0) is 11.2 Å². The molecule has 1 amide bonds. The Morgan fingerprint density at radius 1 is 1.15 bits per heavy atom. The molecule has 3 rings (SSSR count). The highest BCUT2D eigenvalue weighted by atomic mass is 79.9. The van der Waals surface area contributed by atoms with Crippen LogP contribution in [0.3, 0.4) is 0 Å². The maximum atomic E-state index is 12.2. The minimum Gasteiger partial charge on any atom is -0.361 e. The Kier molecular flexibility index (Phi) is 6.47. The number of benzene rings is 2. The number of hydrogen-bond donors (Lipinski definition) is 3. The number of aromatic amines is 1. The van der Waals surface area contributed by atoms with E-state index < -0.39 is 0 Å². The van der Waals surface area contributed by atoms with Gasteiger partial charge in [0.2, 0.25) is 5.91 Å². The fourth-order valence-corrected chi connectivity index (χ4v) is 3.41. The lowest BCUT2D eigenvalue weighted by Crippen LogP contribution is -2.36. The number of rotatable bonds is 8. The summed E-state index contributed by atoms with van der Waals surface area (Å²) in [5.74, 6) is 0.0282. The number of carbonyl (C=O) groups excluding carboxylic acids is 1. The molecule has 0 unspecified atom stereocenters. The molecule has 1 aromatic heterocycles. The second kappa shape index (κ2) is 9.01. The summed E-state index contributed by atoms with van der Waals surface area (Å²) >= 11 is 3.45. The van der Waals surface area contributed by atoms with E-state index in [0.29, 0.717) is 13.1 Å². The summed E-state index contributed by atoms with van der Waals surface area (Å²) in [6.07, 6.45) is 3.78. The highest BCUT2D eigenvalue weighted by Gasteiger charge is 2.11. The van der Waals surface area contributed by atoms with Gasteiger partial charge in [-0.15, -0.1) is 0 Å². The Hall–Kier alpha value is -2.11. The van der Waals surface area contributed by atoms with Crippen molar-refractivity contribution in [1.29, 1.82) is 0 Å². The Balaban J connectivity index is 1.45. The van der Waals surface area contributed by atoms with E-state index in [9.17, 15) is 4.79 Å². The molecular weight excluding hydrogens is 390 g/mol. The van der Waals surface area contributed by atoms with Gasteiger partial charge in [0.25, 0.3) is 0 Å². The number of amides is 1. The topological polar surface area (TPSA) is 56.9 Å². The average Bonchev–Trinajstić information content (AvgIpc) is 3.07. The van der Waals surface area contributed by atoms with Gasteiger partial charge in [-0.05, 0) is 42.2 Å². The van der Waals surface area contributed by atoms with Crippen molar-refractivity contribution in [3.8, 4) is 0 Å². The number of hydrogen-bond acceptors (Lipinski definition) is 2. The summed E-state index contributed by atoms with van der Waals surface area (Å²) < 4.78 is 1.06. The third-order valence-corrected chi connectivity index (χ3v) is 5.11. The predicted molar refractivity (Wildman–Crippen MR) is 110 cm³/mol. The molecule has 1 atom stereocenters. The van der Waals surface area contributed by atoms with Crippen LogP contribution in [-0.4, -0.2) is 24.0 Å². The molecule has 0 radical (unpaired) electrons. The number of fused-ring (bicyclic) bond motifs is 1. The zero-order valence-corrected chi connectivity index (χ0v) is 16.5. The van der Waals surface area contributed by atoms with Crippen LogP contribution >= 0.6 is 15.9 Å². The standard InChI is InChI=1S/C21H24BrN3O/c1-2-19(15-7-9-17(22)10-8-15)25-14-21(26)23-12-11-16-13-24-20-6-4-3-5-18(16)20/h3-10,13,19,24-25H,2,11-12,14H2,1H3,(H,23,26)/t19-/m1/s1. The van der Waals surface area contributed by atoms with Crippen molar-refractivity contribution in [3.05, 3.63) is 70.3 Å². The van der Waals surface area contributed by atoms with Crippen molar-refractivity contribution < 1.29 is 4.79 Å². The van der Waals surface area contributed by atoms with E-state index in [0.717, 1.165) is 22.8 Å². The van der Waals surface area contributed by atoms with Gasteiger partial charge < -0.3 is 15.6 Å². The fourth-order valence-electron chi connectivity index (χ4n) is 3.15. The summed E-state index contributed by atoms with van der Waals surface area (Å²) in [7, 11) is 0. The number of para-hydroxylation sites is 1. The van der Waals surface area contributed by atoms with Crippen molar-refractivity contribution in [3.63, 3.8) is 0 Å². The van der Waals surface area contributed by atoms with Crippen molar-refractivity contribution in [1.82, 2.24) is 15.6 Å². The van der Waals surface area contributed by atoms with Crippen LogP contribution in [0, 0.1) is 0 Å². The summed E-state index contributed by atoms with van der Waals surface area (Å²) in [6, 6.07) is 16.6. The molecule has 0 saturated carbocycles. The fraction of sp³-hybridized carbons (Fsp3) is 0.286. The first-order chi connectivity index (χ1) is 12.7. The SMILES string of the molecule is CC[C@@H](NCC(=O)NCCc1c[nH]c2ccccc12)c1ccc(Br)cc1. The van der Waals surface area contributed by atoms with Gasteiger partial charge in [-0.3, -0.25) is 4.79 Å². The molecule has 3 N–H and O–H groups in total. The molecule has 0 fully saturated rings. The van der Waals surface area contributed by atoms with Crippen molar-refractivity contribution in [2.75, 3.05) is 13.1 Å². The first-order valence-electron chi connectivity index (χ1n) is 8.98. The maximum Gasteiger partial charge on any atom is 0.233 e. The molecule has 4 nitrogen and oxygen atoms in total. The van der Waals surface area contributed by atoms with Gasteiger partial charge in [0.05, 0.1) is 6.54 Å². The van der Waals surface area contributed by atoms with Gasteiger partial charge in [-0.25, -0.2) is 0 Å². The van der Waals surface area contributed by atoms with Crippen LogP contribution in [0.25, 0.3) is 10.9 Å². The second-order valence-corrected chi connectivity index (χ2v) is 7.27. The first kappa shape index (κ1) is 18.7. The lowest BCUT2D eigenvalue weighted by Gasteiger charge is -2.17. The first-order valence-corrected chi connectivity index (χ1v) is 9.77. The molecular formula is C21H24BrN3O. The number of halogens is 1. The van der Waals surface area contributed by atoms with Crippen molar-refractivity contribution >= 4 is 32.7 Å². The van der Waals surface area contributed by atoms with Crippen LogP contribution in [0.2, 0.25) is 0 Å². The summed E-state index contributed by atoms with van der Waals surface area (Å²) in [6.45, 7) is 3.08. The zero-order valence-electron chi connectivity index (χ0n) is 14.9. The zero-order chi connectivity index (χ0) is 18.4. The molecule has 0 bridgehead atoms. The van der Waals surface area contributed by atoms with E-state index in [1.165, 1.54) is 16.5 Å². The minimum absolute atomic E-state index is 0.0282. The van der Waals surface area contributed by atoms with E-state index in [2.05, 4.69) is 62.7 Å². The van der Waals surface area contributed by atoms with Crippen LogP contribution in [0.15, 0.2) is 59.2 Å². The van der Waals surface area contributed by atoms with Crippen LogP contribution in [0.4, 0.5) is 0 Å². The summed E-state index contributed by atoms with van der Waals surface area (Å²) in [4.78, 5) is 15.4. The number of carbonyl (C=O) groups is 1. The molecule has 0 aliphatic rings. The molecule has 26 heavy (non-hydrogen) atoms. The Morgan fingerprint density at radius 2 is 1.92 bits per heavy atom. The van der Waals surface area contributed by atoms with Crippen LogP contribution in [0.5, 0.6) is 0 Å². The van der Waals surface area contributed by atoms with Crippen LogP contribution in [0.1, 0.15) is 30.5 Å². The van der Waals surface area contributed by atoms with E-state index in [1.807, 2.05) is 30.5 Å². The number of H-pyrrole nitrogens is 1. The monoisotopic (exact) mass is 413 g/mol. The van der Waals surface area contributed by atoms with E-state index in [-0.39, 0.29) is 11.9 Å². The smallest absolute Gasteiger partial charge is 0.233 e. The van der Waals surface area contributed by atoms with E-state index in [4.69, 9.17) is 0 Å². The van der Waals surface area contributed by atoms with E-state index >= 15 is 0 Å². The molecule has 0 aliphatic heterocycles. The highest BCUT2D eigenvalue weighted by Crippen LogP contribution is 2.19. The number of aromatic nitrogens is 1. The van der Waals surface area contributed by atoms with Gasteiger partial charge >= 0.3 is 0 Å². The Bertz CT molecular complexity index is 857. The lowest BCUT2D eigenvalue weighted by atomic mass is 10.0. The normalized spacial score (nSPS) is 12.2. The third-order valence-electron chi connectivity index (χ3n) is 4.58. The van der Waals surface area contributed by atoms with Crippen molar-refractivity contribution in [2.45, 2.75) is 25.8 Å². The van der Waals surface area contributed by atoms with Gasteiger partial charge in [0.1, 0.15) is 0 Å². The van der Waals surface area contributed by atoms with Crippen LogP contribution < -0.4 is 10.6 Å². The largest absolute Gasteiger partial charge is 0.361 e. The number of nitrogens with one attached hydrogen (secondary N) is 3. The third kappa shape index (κ3) is 4.74. The van der Waals surface area contributed by atoms with Gasteiger partial charge in [-0.2, -0.15) is 0 Å². The molecule has 2 aromatic carbocycles. The quantitative estimate of drug-likeness (QED) is 0.514. The summed E-state index contributed by atoms with van der Waals surface area (Å²) in [5.41, 5.74) is 3.56. The Labute approximate surface area is 162 Å². The summed E-state index contributed by atoms with van der Waals surface area (Å²) in [5, 5.41) is 7.57. The van der Waals surface area contributed by atoms with Gasteiger partial charge in [0, 0.05) is 34.2 Å². The van der Waals surface area contributed by atoms with Crippen molar-refractivity contribution in [2.24, 2.45) is 0 Å². The van der Waals surface area contributed by atoms with Gasteiger partial charge in [-0.1, -0.05) is 53.2 Å². The average molecular weight is 414 g/mol. The Morgan fingerprint density at radius 3 is 2.69 bits per heavy atom. The highest BCUT2D eigenvalue weighted by molar-refractivity contribution is 9.10. The molecule has 3 aromatic rings. The predicted octanol–water partition coefficient (Wildman–Crippen LogP) is 4.33. The molecule has 1 heterocycles. The maximum absolute atomic E-state index is 12.2. The lowest BCUT2D eigenvalue weighted by molar-refractivity contribution is -0.120. The molecule has 5 heteroatoms. The molecule has 0 saturated heterocycles. The minimum atomic E-state index is 0.0282. The van der Waals surface area contributed by atoms with E-state index in [1.54, 1.807) is 0 Å².